The van der Waals surface area contributed by atoms with Crippen molar-refractivity contribution < 1.29 is 19.2 Å². The molecule has 6 aliphatic rings. The van der Waals surface area contributed by atoms with Crippen molar-refractivity contribution in [1.82, 2.24) is 0 Å². The van der Waals surface area contributed by atoms with Gasteiger partial charge in [-0.1, -0.05) is 36.4 Å². The van der Waals surface area contributed by atoms with Gasteiger partial charge in [0, 0.05) is 0 Å². The highest BCUT2D eigenvalue weighted by Gasteiger charge is 2.62. The number of fused-ring (bicyclic) bond motifs is 10. The fourth-order valence-corrected chi connectivity index (χ4v) is 7.12. The first-order valence-electron chi connectivity index (χ1n) is 10.8. The molecule has 30 heavy (non-hydrogen) atoms. The summed E-state index contributed by atoms with van der Waals surface area (Å²) in [4.78, 5) is 55.7. The SMILES string of the molecule is O=C1[C@@H]2[C@H](C(=O)N1c1ccccc1N1C(=O)[C@@H]3[C@H](C1=O)[C@H]1C=C[C@H]3C1)[C@H]1C=C[C@H]2C1. The van der Waals surface area contributed by atoms with Crippen molar-refractivity contribution in [2.75, 3.05) is 9.80 Å². The standard InChI is InChI=1S/C24H20N2O4/c27-21-17-11-5-6-12(9-11)18(17)22(28)25(21)15-3-1-2-4-16(15)26-23(29)19-13-7-8-14(10-13)20(19)24(26)30/h1-8,11-14,17-20H,9-10H2/t11-,12-,13-,14-,17-,18+,19-,20+/m0/s1. The van der Waals surface area contributed by atoms with Crippen LogP contribution in [-0.4, -0.2) is 23.6 Å². The van der Waals surface area contributed by atoms with Gasteiger partial charge in [0.05, 0.1) is 35.0 Å². The molecule has 0 aromatic heterocycles. The van der Waals surface area contributed by atoms with Crippen LogP contribution < -0.4 is 9.80 Å². The van der Waals surface area contributed by atoms with Gasteiger partial charge in [-0.15, -0.1) is 0 Å². The minimum absolute atomic E-state index is 0.115. The number of allylic oxidation sites excluding steroid dienone is 4. The molecule has 2 heterocycles. The van der Waals surface area contributed by atoms with Gasteiger partial charge >= 0.3 is 0 Å². The number of hydrogen-bond donors (Lipinski definition) is 0. The van der Waals surface area contributed by atoms with Crippen LogP contribution in [-0.2, 0) is 19.2 Å². The third-order valence-electron chi connectivity index (χ3n) is 8.30. The van der Waals surface area contributed by atoms with Crippen LogP contribution >= 0.6 is 0 Å². The van der Waals surface area contributed by atoms with E-state index in [0.29, 0.717) is 11.4 Å². The summed E-state index contributed by atoms with van der Waals surface area (Å²) >= 11 is 0. The summed E-state index contributed by atoms with van der Waals surface area (Å²) in [5.74, 6) is -1.59. The number of para-hydroxylation sites is 2. The quantitative estimate of drug-likeness (QED) is 0.564. The maximum Gasteiger partial charge on any atom is 0.238 e. The Hall–Kier alpha value is -3.02. The van der Waals surface area contributed by atoms with Gasteiger partial charge in [0.2, 0.25) is 23.6 Å². The summed E-state index contributed by atoms with van der Waals surface area (Å²) in [6.07, 6.45) is 9.97. The Morgan fingerprint density at radius 1 is 0.533 bits per heavy atom. The van der Waals surface area contributed by atoms with Gasteiger partial charge in [-0.25, -0.2) is 9.80 Å². The van der Waals surface area contributed by atoms with Gasteiger partial charge in [0.15, 0.2) is 0 Å². The molecule has 1 aromatic carbocycles. The van der Waals surface area contributed by atoms with Crippen molar-refractivity contribution in [1.29, 1.82) is 0 Å². The molecule has 4 bridgehead atoms. The smallest absolute Gasteiger partial charge is 0.238 e. The van der Waals surface area contributed by atoms with E-state index in [0.717, 1.165) is 12.8 Å². The van der Waals surface area contributed by atoms with Crippen LogP contribution in [0.15, 0.2) is 48.6 Å². The summed E-state index contributed by atoms with van der Waals surface area (Å²) in [6.45, 7) is 0. The second-order valence-electron chi connectivity index (χ2n) is 9.51. The zero-order chi connectivity index (χ0) is 20.3. The van der Waals surface area contributed by atoms with E-state index < -0.39 is 0 Å². The number of rotatable bonds is 2. The molecule has 4 amide bonds. The van der Waals surface area contributed by atoms with Crippen molar-refractivity contribution in [2.24, 2.45) is 47.3 Å². The second kappa shape index (κ2) is 5.36. The first-order valence-corrected chi connectivity index (χ1v) is 10.8. The third kappa shape index (κ3) is 1.77. The van der Waals surface area contributed by atoms with Crippen molar-refractivity contribution in [2.45, 2.75) is 12.8 Å². The number of imide groups is 2. The number of carbonyl (C=O) groups is 4. The summed E-state index contributed by atoms with van der Waals surface area (Å²) in [5.41, 5.74) is 0.728. The molecule has 1 aromatic rings. The Labute approximate surface area is 173 Å². The van der Waals surface area contributed by atoms with Gasteiger partial charge in [-0.05, 0) is 48.6 Å². The molecule has 0 unspecified atom stereocenters. The Balaban J connectivity index is 1.30. The Morgan fingerprint density at radius 3 is 1.13 bits per heavy atom. The minimum atomic E-state index is -0.315. The molecule has 2 saturated heterocycles. The van der Waals surface area contributed by atoms with Gasteiger partial charge in [0.1, 0.15) is 0 Å². The number of amides is 4. The molecule has 4 aliphatic carbocycles. The highest BCUT2D eigenvalue weighted by Crippen LogP contribution is 2.56. The monoisotopic (exact) mass is 400 g/mol. The van der Waals surface area contributed by atoms with Crippen molar-refractivity contribution >= 4 is 35.0 Å². The number of carbonyl (C=O) groups excluding carboxylic acids is 4. The lowest BCUT2D eigenvalue weighted by Crippen LogP contribution is -2.37. The Kier molecular flexibility index (Phi) is 2.99. The molecule has 0 N–H and O–H groups in total. The molecule has 6 heteroatoms. The normalized spacial score (nSPS) is 42.3. The Morgan fingerprint density at radius 2 is 0.833 bits per heavy atom. The fourth-order valence-electron chi connectivity index (χ4n) is 7.12. The minimum Gasteiger partial charge on any atom is -0.274 e. The molecule has 150 valence electrons. The average molecular weight is 400 g/mol. The highest BCUT2D eigenvalue weighted by molar-refractivity contribution is 6.28. The lowest BCUT2D eigenvalue weighted by molar-refractivity contribution is -0.125. The van der Waals surface area contributed by atoms with E-state index in [-0.39, 0.29) is 71.0 Å². The molecule has 2 saturated carbocycles. The highest BCUT2D eigenvalue weighted by atomic mass is 16.2. The van der Waals surface area contributed by atoms with Crippen LogP contribution in [0.5, 0.6) is 0 Å². The predicted octanol–water partition coefficient (Wildman–Crippen LogP) is 2.31. The summed E-state index contributed by atoms with van der Waals surface area (Å²) < 4.78 is 0. The number of nitrogens with zero attached hydrogens (tertiary/aromatic N) is 2. The van der Waals surface area contributed by atoms with Crippen LogP contribution in [0.25, 0.3) is 0 Å². The summed E-state index contributed by atoms with van der Waals surface area (Å²) in [6, 6.07) is 6.86. The van der Waals surface area contributed by atoms with Gasteiger partial charge in [-0.3, -0.25) is 19.2 Å². The zero-order valence-corrected chi connectivity index (χ0v) is 16.2. The molecule has 2 aliphatic heterocycles. The topological polar surface area (TPSA) is 74.8 Å². The zero-order valence-electron chi connectivity index (χ0n) is 16.2. The van der Waals surface area contributed by atoms with Crippen molar-refractivity contribution in [3.05, 3.63) is 48.6 Å². The van der Waals surface area contributed by atoms with Crippen LogP contribution in [0.3, 0.4) is 0 Å². The van der Waals surface area contributed by atoms with Crippen molar-refractivity contribution in [3.8, 4) is 0 Å². The summed E-state index contributed by atoms with van der Waals surface area (Å²) in [5, 5.41) is 0. The fraction of sp³-hybridized carbons (Fsp3) is 0.417. The number of anilines is 2. The van der Waals surface area contributed by atoms with E-state index in [9.17, 15) is 19.2 Å². The maximum atomic E-state index is 13.3. The van der Waals surface area contributed by atoms with E-state index in [1.807, 2.05) is 0 Å². The molecular formula is C24H20N2O4. The van der Waals surface area contributed by atoms with Crippen LogP contribution in [0.2, 0.25) is 0 Å². The third-order valence-corrected chi connectivity index (χ3v) is 8.30. The van der Waals surface area contributed by atoms with Crippen LogP contribution in [0, 0.1) is 47.3 Å². The van der Waals surface area contributed by atoms with Gasteiger partial charge in [0.25, 0.3) is 0 Å². The lowest BCUT2D eigenvalue weighted by Gasteiger charge is -2.25. The van der Waals surface area contributed by atoms with E-state index >= 15 is 0 Å². The molecule has 0 spiro atoms. The van der Waals surface area contributed by atoms with Crippen molar-refractivity contribution in [3.63, 3.8) is 0 Å². The lowest BCUT2D eigenvalue weighted by atomic mass is 9.85. The molecule has 8 atom stereocenters. The average Bonchev–Trinajstić information content (AvgIpc) is 3.56. The number of hydrogen-bond acceptors (Lipinski definition) is 4. The summed E-state index contributed by atoms with van der Waals surface area (Å²) in [7, 11) is 0. The van der Waals surface area contributed by atoms with Crippen LogP contribution in [0.4, 0.5) is 11.4 Å². The molecule has 6 nitrogen and oxygen atoms in total. The predicted molar refractivity (Wildman–Crippen MR) is 107 cm³/mol. The molecule has 4 fully saturated rings. The Bertz CT molecular complexity index is 973. The van der Waals surface area contributed by atoms with Gasteiger partial charge in [-0.2, -0.15) is 0 Å². The largest absolute Gasteiger partial charge is 0.274 e. The number of benzene rings is 1. The van der Waals surface area contributed by atoms with Crippen LogP contribution in [0.1, 0.15) is 12.8 Å². The first-order chi connectivity index (χ1) is 14.6. The molecule has 7 rings (SSSR count). The van der Waals surface area contributed by atoms with E-state index in [1.54, 1.807) is 24.3 Å². The van der Waals surface area contributed by atoms with E-state index in [4.69, 9.17) is 0 Å². The second-order valence-corrected chi connectivity index (χ2v) is 9.51. The van der Waals surface area contributed by atoms with E-state index in [1.165, 1.54) is 9.80 Å². The maximum absolute atomic E-state index is 13.3. The van der Waals surface area contributed by atoms with Gasteiger partial charge < -0.3 is 0 Å². The molecule has 0 radical (unpaired) electrons. The first kappa shape index (κ1) is 16.7. The molecular weight excluding hydrogens is 380 g/mol. The van der Waals surface area contributed by atoms with E-state index in [2.05, 4.69) is 24.3 Å².